The molecule has 0 aliphatic carbocycles. The highest BCUT2D eigenvalue weighted by Gasteiger charge is 2.37. The molecular weight excluding hydrogens is 1120 g/mol. The van der Waals surface area contributed by atoms with E-state index < -0.39 is 24.0 Å². The van der Waals surface area contributed by atoms with Gasteiger partial charge < -0.3 is 39.3 Å². The van der Waals surface area contributed by atoms with Gasteiger partial charge in [0.05, 0.1) is 19.8 Å². The van der Waals surface area contributed by atoms with E-state index in [0.29, 0.717) is 66.5 Å². The summed E-state index contributed by atoms with van der Waals surface area (Å²) in [5.41, 5.74) is 8.01. The predicted molar refractivity (Wildman–Crippen MR) is 322 cm³/mol. The highest BCUT2D eigenvalue weighted by atomic mass is 35.5. The van der Waals surface area contributed by atoms with Crippen molar-refractivity contribution in [2.24, 2.45) is 0 Å². The zero-order valence-electron chi connectivity index (χ0n) is 45.9. The van der Waals surface area contributed by atoms with E-state index in [9.17, 15) is 14.0 Å². The van der Waals surface area contributed by atoms with Crippen molar-refractivity contribution in [1.29, 1.82) is 0 Å². The second kappa shape index (κ2) is 28.6. The number of amides is 2. The van der Waals surface area contributed by atoms with Gasteiger partial charge in [-0.1, -0.05) is 78.3 Å². The van der Waals surface area contributed by atoms with Crippen molar-refractivity contribution in [1.82, 2.24) is 39.8 Å². The molecule has 3 aromatic heterocycles. The summed E-state index contributed by atoms with van der Waals surface area (Å²) in [6, 6.07) is 38.9. The Morgan fingerprint density at radius 2 is 1.05 bits per heavy atom. The SMILES string of the molecule is O=C(Oc1ccc(Cl)cc1)N1CCc2c([nH]c3ccc(Cl)cc23)C1c1ccc(OCCCCCCNCCO)cc1.O=C(Oc1ccc(F)cc1)N1CCc2c([nH]c3ccc(Cl)cc23)C1c1ccc(OCCCCCCn2cncn2)cc1. The normalized spacial score (nSPS) is 14.7. The number of aryl methyl sites for hydroxylation is 1. The Balaban J connectivity index is 0.000000185. The number of aromatic amines is 2. The summed E-state index contributed by atoms with van der Waals surface area (Å²) < 4.78 is 38.7. The van der Waals surface area contributed by atoms with Crippen LogP contribution in [0.5, 0.6) is 23.0 Å². The van der Waals surface area contributed by atoms with Crippen LogP contribution >= 0.6 is 34.8 Å². The minimum atomic E-state index is -0.502. The topological polar surface area (TPSA) is 172 Å². The van der Waals surface area contributed by atoms with Crippen molar-refractivity contribution < 1.29 is 38.0 Å². The number of aliphatic hydroxyl groups excluding tert-OH is 1. The Morgan fingerprint density at radius 1 is 0.578 bits per heavy atom. The minimum Gasteiger partial charge on any atom is -0.494 e. The molecule has 0 spiro atoms. The van der Waals surface area contributed by atoms with Gasteiger partial charge in [-0.25, -0.2) is 19.0 Å². The van der Waals surface area contributed by atoms with E-state index in [4.69, 9.17) is 58.9 Å². The van der Waals surface area contributed by atoms with Crippen molar-refractivity contribution in [3.05, 3.63) is 201 Å². The molecule has 0 radical (unpaired) electrons. The lowest BCUT2D eigenvalue weighted by Gasteiger charge is -2.35. The molecule has 83 heavy (non-hydrogen) atoms. The molecular formula is C64H66Cl3FN8O7. The van der Waals surface area contributed by atoms with E-state index in [2.05, 4.69) is 25.4 Å². The quantitative estimate of drug-likeness (QED) is 0.0479. The number of nitrogens with zero attached hydrogens (tertiary/aromatic N) is 5. The van der Waals surface area contributed by atoms with Gasteiger partial charge in [0, 0.05) is 74.4 Å². The second-order valence-electron chi connectivity index (χ2n) is 20.5. The molecule has 0 bridgehead atoms. The number of aliphatic hydroxyl groups is 1. The molecule has 2 atom stereocenters. The van der Waals surface area contributed by atoms with Gasteiger partial charge in [0.15, 0.2) is 0 Å². The first-order valence-electron chi connectivity index (χ1n) is 28.3. The number of carbonyl (C=O) groups is 2. The molecule has 2 aliphatic rings. The standard InChI is InChI=1S/C32H35Cl2N3O4.C32H31ClFN5O3/c33-23-7-12-26(13-8-23)41-32(39)37-18-15-27-28-21-24(34)9-14-29(28)36-30(27)31(37)22-5-10-25(11-6-22)40-20-4-2-1-3-16-35-17-19-38;33-23-7-14-29-28(19-23)27-15-17-39(32(40)42-26-12-8-24(34)9-13-26)31(30(27)37-29)22-5-10-25(11-6-22)41-18-4-2-1-3-16-38-21-35-20-36-38/h5-14,21,31,35-36,38H,1-4,15-20H2;5-14,19-21,31,37H,1-4,15-18H2. The highest BCUT2D eigenvalue weighted by Crippen LogP contribution is 2.42. The Labute approximate surface area is 496 Å². The molecule has 0 saturated carbocycles. The van der Waals surface area contributed by atoms with Gasteiger partial charge in [-0.05, 0) is 183 Å². The molecule has 2 aliphatic heterocycles. The highest BCUT2D eigenvalue weighted by molar-refractivity contribution is 6.32. The van der Waals surface area contributed by atoms with Gasteiger partial charge in [-0.15, -0.1) is 0 Å². The number of fused-ring (bicyclic) bond motifs is 6. The fourth-order valence-corrected chi connectivity index (χ4v) is 11.3. The van der Waals surface area contributed by atoms with Crippen molar-refractivity contribution >= 4 is 68.8 Å². The Hall–Kier alpha value is -7.60. The van der Waals surface area contributed by atoms with Crippen LogP contribution in [-0.4, -0.2) is 97.8 Å². The molecule has 0 fully saturated rings. The molecule has 11 rings (SSSR count). The fraction of sp³-hybridized carbons (Fsp3) is 0.312. The summed E-state index contributed by atoms with van der Waals surface area (Å²) in [6.07, 6.45) is 12.2. The first kappa shape index (κ1) is 58.6. The molecule has 5 heterocycles. The van der Waals surface area contributed by atoms with Crippen LogP contribution in [0, 0.1) is 5.82 Å². The van der Waals surface area contributed by atoms with Crippen LogP contribution in [0.15, 0.2) is 146 Å². The summed E-state index contributed by atoms with van der Waals surface area (Å²) in [6.45, 7) is 4.87. The van der Waals surface area contributed by atoms with E-state index in [1.807, 2.05) is 89.6 Å². The lowest BCUT2D eigenvalue weighted by atomic mass is 9.92. The van der Waals surface area contributed by atoms with Gasteiger partial charge in [0.1, 0.15) is 53.6 Å². The number of H-pyrrole nitrogens is 2. The van der Waals surface area contributed by atoms with Crippen LogP contribution in [0.4, 0.5) is 14.0 Å². The maximum atomic E-state index is 13.5. The van der Waals surface area contributed by atoms with Crippen LogP contribution in [0.25, 0.3) is 21.8 Å². The molecule has 15 nitrogen and oxygen atoms in total. The number of carbonyl (C=O) groups excluding carboxylic acids is 2. The lowest BCUT2D eigenvalue weighted by Crippen LogP contribution is -2.42. The van der Waals surface area contributed by atoms with Gasteiger partial charge >= 0.3 is 12.2 Å². The van der Waals surface area contributed by atoms with E-state index in [1.165, 1.54) is 24.3 Å². The van der Waals surface area contributed by atoms with Crippen LogP contribution in [0.3, 0.4) is 0 Å². The molecule has 2 unspecified atom stereocenters. The van der Waals surface area contributed by atoms with E-state index >= 15 is 0 Å². The molecule has 432 valence electrons. The molecule has 0 saturated heterocycles. The largest absolute Gasteiger partial charge is 0.494 e. The maximum absolute atomic E-state index is 13.5. The third-order valence-corrected chi connectivity index (χ3v) is 15.6. The predicted octanol–water partition coefficient (Wildman–Crippen LogP) is 14.5. The smallest absolute Gasteiger partial charge is 0.416 e. The van der Waals surface area contributed by atoms with Crippen LogP contribution < -0.4 is 24.3 Å². The zero-order valence-corrected chi connectivity index (χ0v) is 48.2. The minimum absolute atomic E-state index is 0.177. The molecule has 6 aromatic carbocycles. The lowest BCUT2D eigenvalue weighted by molar-refractivity contribution is 0.134. The van der Waals surface area contributed by atoms with Gasteiger partial charge in [-0.3, -0.25) is 14.5 Å². The van der Waals surface area contributed by atoms with E-state index in [-0.39, 0.29) is 18.4 Å². The Morgan fingerprint density at radius 3 is 1.54 bits per heavy atom. The number of benzene rings is 6. The number of hydrogen-bond acceptors (Lipinski definition) is 10. The number of halogens is 4. The van der Waals surface area contributed by atoms with Gasteiger partial charge in [0.25, 0.3) is 0 Å². The summed E-state index contributed by atoms with van der Waals surface area (Å²) in [5, 5.41) is 20.2. The second-order valence-corrected chi connectivity index (χ2v) is 21.9. The third-order valence-electron chi connectivity index (χ3n) is 14.9. The molecule has 4 N–H and O–H groups in total. The van der Waals surface area contributed by atoms with E-state index in [0.717, 1.165) is 131 Å². The summed E-state index contributed by atoms with van der Waals surface area (Å²) >= 11 is 18.7. The molecule has 9 aromatic rings. The Kier molecular flexibility index (Phi) is 20.2. The number of ether oxygens (including phenoxy) is 4. The van der Waals surface area contributed by atoms with Gasteiger partial charge in [0.2, 0.25) is 0 Å². The monoisotopic (exact) mass is 1180 g/mol. The molecule has 2 amide bonds. The maximum Gasteiger partial charge on any atom is 0.416 e. The third kappa shape index (κ3) is 15.2. The molecule has 19 heteroatoms. The fourth-order valence-electron chi connectivity index (χ4n) is 10.8. The summed E-state index contributed by atoms with van der Waals surface area (Å²) in [4.78, 5) is 41.4. The number of unbranched alkanes of at least 4 members (excludes halogenated alkanes) is 6. The summed E-state index contributed by atoms with van der Waals surface area (Å²) in [5.74, 6) is 1.92. The first-order valence-corrected chi connectivity index (χ1v) is 29.4. The van der Waals surface area contributed by atoms with Crippen molar-refractivity contribution in [3.63, 3.8) is 0 Å². The Bertz CT molecular complexity index is 3550. The van der Waals surface area contributed by atoms with Crippen LogP contribution in [-0.2, 0) is 19.4 Å². The number of rotatable bonds is 22. The van der Waals surface area contributed by atoms with Crippen molar-refractivity contribution in [2.45, 2.75) is 82.8 Å². The average Bonchev–Trinajstić information content (AvgIpc) is 4.23. The zero-order chi connectivity index (χ0) is 57.5. The van der Waals surface area contributed by atoms with Gasteiger partial charge in [-0.2, -0.15) is 5.10 Å². The van der Waals surface area contributed by atoms with Crippen molar-refractivity contribution in [2.75, 3.05) is 46.0 Å². The average molecular weight is 1180 g/mol. The van der Waals surface area contributed by atoms with Crippen molar-refractivity contribution in [3.8, 4) is 23.0 Å². The van der Waals surface area contributed by atoms with E-state index in [1.54, 1.807) is 46.7 Å². The number of nitrogens with one attached hydrogen (secondary N) is 3. The number of hydrogen-bond donors (Lipinski definition) is 4. The summed E-state index contributed by atoms with van der Waals surface area (Å²) in [7, 11) is 0. The van der Waals surface area contributed by atoms with Crippen LogP contribution in [0.2, 0.25) is 15.1 Å². The van der Waals surface area contributed by atoms with Crippen LogP contribution in [0.1, 0.15) is 97.1 Å². The number of aromatic nitrogens is 5. The first-order chi connectivity index (χ1) is 40.6.